The van der Waals surface area contributed by atoms with E-state index in [1.807, 2.05) is 0 Å². The largest absolute Gasteiger partial charge is 0.327 e. The first-order valence-electron chi connectivity index (χ1n) is 6.89. The molecular formula is C13H27NO2S. The van der Waals surface area contributed by atoms with Crippen LogP contribution in [-0.4, -0.2) is 26.0 Å². The van der Waals surface area contributed by atoms with Crippen molar-refractivity contribution in [2.75, 3.05) is 6.26 Å². The number of unbranched alkanes of at least 4 members (excludes halogenated alkanes) is 2. The molecule has 0 aromatic heterocycles. The van der Waals surface area contributed by atoms with E-state index in [9.17, 15) is 8.42 Å². The number of hydrogen-bond donors (Lipinski definition) is 1. The maximum atomic E-state index is 11.6. The Hall–Kier alpha value is -0.0900. The van der Waals surface area contributed by atoms with Crippen LogP contribution in [0.5, 0.6) is 0 Å². The van der Waals surface area contributed by atoms with Crippen molar-refractivity contribution < 1.29 is 8.42 Å². The first-order chi connectivity index (χ1) is 7.95. The molecule has 0 amide bonds. The molecule has 0 aromatic rings. The van der Waals surface area contributed by atoms with E-state index in [0.29, 0.717) is 5.92 Å². The van der Waals surface area contributed by atoms with Gasteiger partial charge in [0, 0.05) is 12.3 Å². The lowest BCUT2D eigenvalue weighted by Gasteiger charge is -2.32. The third-order valence-corrected chi connectivity index (χ3v) is 5.66. The van der Waals surface area contributed by atoms with Crippen LogP contribution in [0.4, 0.5) is 0 Å². The van der Waals surface area contributed by atoms with Crippen LogP contribution in [0.3, 0.4) is 0 Å². The van der Waals surface area contributed by atoms with Crippen molar-refractivity contribution >= 4 is 9.84 Å². The van der Waals surface area contributed by atoms with E-state index in [1.54, 1.807) is 0 Å². The van der Waals surface area contributed by atoms with E-state index in [4.69, 9.17) is 5.73 Å². The Labute approximate surface area is 106 Å². The van der Waals surface area contributed by atoms with Gasteiger partial charge in [0.25, 0.3) is 0 Å². The van der Waals surface area contributed by atoms with Crippen molar-refractivity contribution in [1.29, 1.82) is 0 Å². The van der Waals surface area contributed by atoms with E-state index in [1.165, 1.54) is 25.5 Å². The molecule has 3 unspecified atom stereocenters. The summed E-state index contributed by atoms with van der Waals surface area (Å²) >= 11 is 0. The molecule has 102 valence electrons. The smallest absolute Gasteiger partial charge is 0.150 e. The number of nitrogens with two attached hydrogens (primary N) is 1. The Bertz CT molecular complexity index is 313. The standard InChI is InChI=1S/C13H27NO2S/c1-3-4-5-9-13(14)11-7-6-8-12(10-11)17(2,15)16/h11-13H,3-10,14H2,1-2H3. The van der Waals surface area contributed by atoms with Gasteiger partial charge in [-0.25, -0.2) is 8.42 Å². The van der Waals surface area contributed by atoms with Crippen LogP contribution in [0, 0.1) is 5.92 Å². The summed E-state index contributed by atoms with van der Waals surface area (Å²) in [5, 5.41) is -0.140. The molecule has 0 spiro atoms. The highest BCUT2D eigenvalue weighted by molar-refractivity contribution is 7.91. The molecule has 3 nitrogen and oxygen atoms in total. The second-order valence-electron chi connectivity index (χ2n) is 5.54. The van der Waals surface area contributed by atoms with Crippen LogP contribution in [0.15, 0.2) is 0 Å². The van der Waals surface area contributed by atoms with Gasteiger partial charge in [-0.05, 0) is 31.6 Å². The summed E-state index contributed by atoms with van der Waals surface area (Å²) in [4.78, 5) is 0. The fourth-order valence-corrected chi connectivity index (χ4v) is 4.02. The Morgan fingerprint density at radius 2 is 2.00 bits per heavy atom. The molecule has 1 rings (SSSR count). The molecule has 0 saturated heterocycles. The molecule has 0 aromatic carbocycles. The maximum absolute atomic E-state index is 11.6. The summed E-state index contributed by atoms with van der Waals surface area (Å²) in [5.74, 6) is 0.417. The average molecular weight is 261 g/mol. The van der Waals surface area contributed by atoms with Crippen molar-refractivity contribution in [2.24, 2.45) is 11.7 Å². The zero-order valence-electron chi connectivity index (χ0n) is 11.2. The quantitative estimate of drug-likeness (QED) is 0.747. The molecular weight excluding hydrogens is 234 g/mol. The maximum Gasteiger partial charge on any atom is 0.150 e. The second-order valence-corrected chi connectivity index (χ2v) is 7.86. The minimum atomic E-state index is -2.87. The Kier molecular flexibility index (Phi) is 5.93. The van der Waals surface area contributed by atoms with E-state index in [2.05, 4.69) is 6.92 Å². The van der Waals surface area contributed by atoms with Gasteiger partial charge in [0.05, 0.1) is 5.25 Å². The third-order valence-electron chi connectivity index (χ3n) is 4.02. The van der Waals surface area contributed by atoms with E-state index in [0.717, 1.165) is 32.1 Å². The van der Waals surface area contributed by atoms with E-state index in [-0.39, 0.29) is 11.3 Å². The summed E-state index contributed by atoms with van der Waals surface area (Å²) in [6, 6.07) is 0.200. The van der Waals surface area contributed by atoms with E-state index < -0.39 is 9.84 Å². The average Bonchev–Trinajstić information content (AvgIpc) is 2.28. The van der Waals surface area contributed by atoms with Gasteiger partial charge in [-0.15, -0.1) is 0 Å². The van der Waals surface area contributed by atoms with Crippen LogP contribution in [0.25, 0.3) is 0 Å². The SMILES string of the molecule is CCCCCC(N)C1CCCC(S(C)(=O)=O)C1. The lowest BCUT2D eigenvalue weighted by molar-refractivity contribution is 0.291. The van der Waals surface area contributed by atoms with Crippen molar-refractivity contribution in [3.63, 3.8) is 0 Å². The second kappa shape index (κ2) is 6.74. The Morgan fingerprint density at radius 3 is 2.59 bits per heavy atom. The lowest BCUT2D eigenvalue weighted by atomic mass is 9.82. The molecule has 1 saturated carbocycles. The minimum absolute atomic E-state index is 0.140. The molecule has 3 atom stereocenters. The molecule has 1 fully saturated rings. The van der Waals surface area contributed by atoms with Gasteiger partial charge < -0.3 is 5.73 Å². The van der Waals surface area contributed by atoms with Gasteiger partial charge in [0.15, 0.2) is 0 Å². The predicted molar refractivity (Wildman–Crippen MR) is 72.7 cm³/mol. The Balaban J connectivity index is 2.43. The summed E-state index contributed by atoms with van der Waals surface area (Å²) in [7, 11) is -2.87. The third kappa shape index (κ3) is 4.96. The first-order valence-corrected chi connectivity index (χ1v) is 8.85. The molecule has 1 aliphatic rings. The predicted octanol–water partition coefficient (Wildman–Crippen LogP) is 2.50. The van der Waals surface area contributed by atoms with Gasteiger partial charge in [0.2, 0.25) is 0 Å². The molecule has 4 heteroatoms. The topological polar surface area (TPSA) is 60.2 Å². The molecule has 2 N–H and O–H groups in total. The molecule has 0 heterocycles. The van der Waals surface area contributed by atoms with Crippen LogP contribution >= 0.6 is 0 Å². The molecule has 1 aliphatic carbocycles. The highest BCUT2D eigenvalue weighted by Gasteiger charge is 2.31. The van der Waals surface area contributed by atoms with Crippen LogP contribution in [0.1, 0.15) is 58.3 Å². The van der Waals surface area contributed by atoms with Gasteiger partial charge >= 0.3 is 0 Å². The summed E-state index contributed by atoms with van der Waals surface area (Å²) in [6.45, 7) is 2.19. The summed E-state index contributed by atoms with van der Waals surface area (Å²) in [6.07, 6.45) is 9.78. The molecule has 0 bridgehead atoms. The van der Waals surface area contributed by atoms with Crippen molar-refractivity contribution in [1.82, 2.24) is 0 Å². The first kappa shape index (κ1) is 15.0. The van der Waals surface area contributed by atoms with Gasteiger partial charge in [-0.1, -0.05) is 32.6 Å². The highest BCUT2D eigenvalue weighted by Crippen LogP contribution is 2.31. The monoisotopic (exact) mass is 261 g/mol. The van der Waals surface area contributed by atoms with Crippen LogP contribution in [-0.2, 0) is 9.84 Å². The van der Waals surface area contributed by atoms with Crippen molar-refractivity contribution in [2.45, 2.75) is 69.6 Å². The summed E-state index contributed by atoms with van der Waals surface area (Å²) < 4.78 is 23.1. The molecule has 0 aliphatic heterocycles. The zero-order chi connectivity index (χ0) is 12.9. The normalized spacial score (nSPS) is 27.9. The van der Waals surface area contributed by atoms with Crippen molar-refractivity contribution in [3.05, 3.63) is 0 Å². The van der Waals surface area contributed by atoms with Gasteiger partial charge in [-0.3, -0.25) is 0 Å². The Morgan fingerprint density at radius 1 is 1.29 bits per heavy atom. The van der Waals surface area contributed by atoms with E-state index >= 15 is 0 Å². The summed E-state index contributed by atoms with van der Waals surface area (Å²) in [5.41, 5.74) is 6.20. The lowest BCUT2D eigenvalue weighted by Crippen LogP contribution is -2.37. The minimum Gasteiger partial charge on any atom is -0.327 e. The fraction of sp³-hybridized carbons (Fsp3) is 1.00. The van der Waals surface area contributed by atoms with Gasteiger partial charge in [-0.2, -0.15) is 0 Å². The highest BCUT2D eigenvalue weighted by atomic mass is 32.2. The fourth-order valence-electron chi connectivity index (χ4n) is 2.82. The molecule has 0 radical (unpaired) electrons. The van der Waals surface area contributed by atoms with Crippen LogP contribution in [0.2, 0.25) is 0 Å². The van der Waals surface area contributed by atoms with Crippen molar-refractivity contribution in [3.8, 4) is 0 Å². The number of rotatable bonds is 6. The number of sulfone groups is 1. The zero-order valence-corrected chi connectivity index (χ0v) is 12.0. The van der Waals surface area contributed by atoms with Crippen LogP contribution < -0.4 is 5.73 Å². The molecule has 17 heavy (non-hydrogen) atoms. The van der Waals surface area contributed by atoms with Gasteiger partial charge in [0.1, 0.15) is 9.84 Å². The number of hydrogen-bond acceptors (Lipinski definition) is 3.